The van der Waals surface area contributed by atoms with Gasteiger partial charge in [0.2, 0.25) is 17.7 Å². The van der Waals surface area contributed by atoms with Crippen LogP contribution >= 0.6 is 11.6 Å². The van der Waals surface area contributed by atoms with Crippen LogP contribution in [0.15, 0.2) is 126 Å². The Hall–Kier alpha value is -8.35. The first-order valence-corrected chi connectivity index (χ1v) is 30.7. The first kappa shape index (κ1) is 72.7. The maximum absolute atomic E-state index is 14.7. The molecule has 0 radical (unpaired) electrons. The van der Waals surface area contributed by atoms with E-state index in [0.29, 0.717) is 30.1 Å². The largest absolute Gasteiger partial charge is 0.503 e. The number of aliphatic hydroxyl groups excluding tert-OH is 2. The Kier molecular flexibility index (Phi) is 23.7. The number of phenols is 1. The average molecular weight is 1290 g/mol. The molecule has 92 heavy (non-hydrogen) atoms. The molecule has 2 bridgehead atoms. The van der Waals surface area contributed by atoms with Gasteiger partial charge < -0.3 is 66.3 Å². The van der Waals surface area contributed by atoms with Crippen LogP contribution in [0.25, 0.3) is 0 Å². The fraction of sp³-hybridized carbons (Fsp3) is 0.471. The highest BCUT2D eigenvalue weighted by Crippen LogP contribution is 2.59. The maximum Gasteiger partial charge on any atom is 0.352 e. The number of allylic oxidation sites excluding steroid dienone is 2. The first-order chi connectivity index (χ1) is 43.1. The summed E-state index contributed by atoms with van der Waals surface area (Å²) in [7, 11) is 1.45. The van der Waals surface area contributed by atoms with Gasteiger partial charge >= 0.3 is 17.9 Å². The average Bonchev–Trinajstić information content (AvgIpc) is 1.49. The molecule has 496 valence electrons. The molecule has 3 aliphatic heterocycles. The van der Waals surface area contributed by atoms with Crippen molar-refractivity contribution < 1.29 is 88.1 Å². The second-order valence-electron chi connectivity index (χ2n) is 24.6. The lowest BCUT2D eigenvalue weighted by Crippen LogP contribution is -2.63. The highest BCUT2D eigenvalue weighted by molar-refractivity contribution is 6.32. The van der Waals surface area contributed by atoms with Crippen molar-refractivity contribution in [3.05, 3.63) is 142 Å². The molecule has 2 aliphatic carbocycles. The number of fused-ring (bicyclic) bond motifs is 2. The van der Waals surface area contributed by atoms with Gasteiger partial charge in [0.05, 0.1) is 29.2 Å². The second-order valence-corrected chi connectivity index (χ2v) is 25.1. The highest BCUT2D eigenvalue weighted by atomic mass is 35.5. The van der Waals surface area contributed by atoms with Crippen molar-refractivity contribution in [2.24, 2.45) is 35.0 Å². The van der Waals surface area contributed by atoms with Crippen LogP contribution in [-0.2, 0) is 59.1 Å². The van der Waals surface area contributed by atoms with E-state index in [9.17, 15) is 73.5 Å². The number of benzene rings is 2. The predicted molar refractivity (Wildman–Crippen MR) is 338 cm³/mol. The van der Waals surface area contributed by atoms with Crippen LogP contribution in [0.2, 0.25) is 5.02 Å². The molecule has 3 heterocycles. The molecule has 15 atom stereocenters. The zero-order valence-corrected chi connectivity index (χ0v) is 54.0. The minimum atomic E-state index is -1.82. The topological polar surface area (TPSA) is 362 Å². The van der Waals surface area contributed by atoms with Crippen LogP contribution < -0.4 is 26.0 Å². The van der Waals surface area contributed by atoms with E-state index in [1.807, 2.05) is 42.6 Å². The van der Waals surface area contributed by atoms with E-state index in [2.05, 4.69) is 29.1 Å². The molecule has 6 unspecified atom stereocenters. The van der Waals surface area contributed by atoms with Gasteiger partial charge in [-0.1, -0.05) is 118 Å². The summed E-state index contributed by atoms with van der Waals surface area (Å²) in [4.78, 5) is 133. The molecule has 2 fully saturated rings. The standard InChI is InChI=1S/C38H47ClN4O12.C30H37NO6/c1-8-19(5)22(35(51)41-24(37(53)54)17-29(46)47)16-26(44)25-11-10-12-43(25)36(52)33-38(6,9-2)55-28-14-20(13-23(39)32(28)49)31(48)30(40-7)27(45)15-21(18(3)4)34(50)42-33;1-17-10-9-13-22-26(33)19(3)18(2)25-23(16-21-11-7-6-8-12-21)31-28(35)30(22,25)24(37-20(4)32)14-15-29(5,36)27(17)34/h10-11,13-14,17,21,25,30-31,33,40,48-49H,3,8-9,12,15-16H2,1-2,4-7H3,(H,41,51)(H,42,50)(H,46,47)(H,53,54);6-9,11-15,17-18,22-26,33,36H,3,10,16H2,1-2,4-5H3,(H,31,35)/b22-19+,24-17+;13-9+,15-14+/t21?,25-,30+,31-,33+,38+;17-,18+,22?,23?,24?,25-,26+,29?,30?/m00/s1. The zero-order chi connectivity index (χ0) is 68.6. The molecule has 24 heteroatoms. The predicted octanol–water partition coefficient (Wildman–Crippen LogP) is 5.40. The number of ketones is 3. The van der Waals surface area contributed by atoms with Gasteiger partial charge in [-0.05, 0) is 107 Å². The third-order valence-electron chi connectivity index (χ3n) is 18.4. The van der Waals surface area contributed by atoms with Crippen LogP contribution in [0.3, 0.4) is 0 Å². The fourth-order valence-electron chi connectivity index (χ4n) is 12.9. The summed E-state index contributed by atoms with van der Waals surface area (Å²) in [6, 6.07) is 7.94. The zero-order valence-electron chi connectivity index (χ0n) is 53.3. The smallest absolute Gasteiger partial charge is 0.352 e. The number of aliphatic hydroxyl groups is 3. The number of ether oxygens (including phenoxy) is 2. The van der Waals surface area contributed by atoms with Gasteiger partial charge in [-0.25, -0.2) is 9.59 Å². The molecule has 1 saturated heterocycles. The molecule has 2 aromatic rings. The van der Waals surface area contributed by atoms with E-state index in [1.54, 1.807) is 39.8 Å². The van der Waals surface area contributed by atoms with Gasteiger partial charge in [-0.3, -0.25) is 38.4 Å². The van der Waals surface area contributed by atoms with Gasteiger partial charge in [0, 0.05) is 55.7 Å². The summed E-state index contributed by atoms with van der Waals surface area (Å²) >= 11 is 6.35. The van der Waals surface area contributed by atoms with Crippen LogP contribution in [0.1, 0.15) is 112 Å². The lowest BCUT2D eigenvalue weighted by molar-refractivity contribution is -0.166. The molecule has 1 spiro atoms. The quantitative estimate of drug-likeness (QED) is 0.0606. The number of carbonyl (C=O) groups excluding carboxylic acids is 8. The van der Waals surface area contributed by atoms with E-state index < -0.39 is 148 Å². The molecular weight excluding hydrogens is 1210 g/mol. The molecular formula is C68H84ClN5O18. The summed E-state index contributed by atoms with van der Waals surface area (Å²) in [5, 5.41) is 73.6. The van der Waals surface area contributed by atoms with Gasteiger partial charge in [-0.2, -0.15) is 0 Å². The highest BCUT2D eigenvalue weighted by Gasteiger charge is 2.69. The number of carboxylic acids is 2. The van der Waals surface area contributed by atoms with E-state index in [4.69, 9.17) is 26.2 Å². The number of nitrogens with one attached hydrogen (secondary N) is 4. The number of likely N-dealkylation sites (N-methyl/N-ethyl adjacent to an activating group) is 1. The third kappa shape index (κ3) is 15.4. The molecule has 7 rings (SSSR count). The number of rotatable bonds is 15. The number of amides is 4. The lowest BCUT2D eigenvalue weighted by atomic mass is 9.51. The van der Waals surface area contributed by atoms with Crippen molar-refractivity contribution in [2.45, 2.75) is 155 Å². The number of halogens is 1. The molecule has 23 nitrogen and oxygen atoms in total. The Balaban J connectivity index is 0.000000314. The first-order valence-electron chi connectivity index (χ1n) is 30.4. The number of nitrogens with zero attached hydrogens (tertiary/aromatic N) is 1. The summed E-state index contributed by atoms with van der Waals surface area (Å²) in [5.41, 5.74) is -3.53. The van der Waals surface area contributed by atoms with Crippen molar-refractivity contribution in [2.75, 3.05) is 13.6 Å². The summed E-state index contributed by atoms with van der Waals surface area (Å²) in [6.45, 7) is 22.2. The van der Waals surface area contributed by atoms with E-state index >= 15 is 0 Å². The number of hydrogen-bond acceptors (Lipinski definition) is 17. The summed E-state index contributed by atoms with van der Waals surface area (Å²) < 4.78 is 12.1. The Morgan fingerprint density at radius 1 is 0.935 bits per heavy atom. The van der Waals surface area contributed by atoms with E-state index in [1.165, 1.54) is 71.2 Å². The second kappa shape index (κ2) is 29.9. The SMILES string of the molecule is C=C(C)C1CC(=O)[C@@H](NC)[C@@H](O)c2cc(Cl)c(O)c(c2)O[C@](C)(CC)[C@@H](C(=O)N2CC=C[C@H]2C(=O)C/C(C(=O)N/C(=C/C(=O)O)C(=O)O)=C(/C)CC)NC1=O.C=C1[C@@H](O)C2/C=C/C[C@H](C)C(=O)C(C)(O)/C=C/C(OC(C)=O)C23C(=O)NC(Cc2ccccc2)[C@@H]3[C@@H]1C. The number of carbonyl (C=O) groups is 10. The Morgan fingerprint density at radius 2 is 1.60 bits per heavy atom. The molecule has 5 aliphatic rings. The number of aliphatic carboxylic acids is 2. The maximum atomic E-state index is 14.7. The summed E-state index contributed by atoms with van der Waals surface area (Å²) in [5.74, 6) is -12.4. The molecule has 1 saturated carbocycles. The van der Waals surface area contributed by atoms with Crippen LogP contribution in [0, 0.1) is 35.0 Å². The monoisotopic (exact) mass is 1290 g/mol. The van der Waals surface area contributed by atoms with Crippen LogP contribution in [-0.4, -0.2) is 156 Å². The van der Waals surface area contributed by atoms with Crippen molar-refractivity contribution in [1.29, 1.82) is 0 Å². The minimum Gasteiger partial charge on any atom is -0.503 e. The molecule has 4 amide bonds. The van der Waals surface area contributed by atoms with Gasteiger partial charge in [0.25, 0.3) is 5.91 Å². The number of aromatic hydroxyl groups is 1. The summed E-state index contributed by atoms with van der Waals surface area (Å²) in [6.07, 6.45) is 6.04. The normalized spacial score (nSPS) is 31.7. The van der Waals surface area contributed by atoms with Crippen LogP contribution in [0.4, 0.5) is 0 Å². The van der Waals surface area contributed by atoms with Crippen molar-refractivity contribution in [3.63, 3.8) is 0 Å². The molecule has 10 N–H and O–H groups in total. The Labute approximate surface area is 539 Å². The van der Waals surface area contributed by atoms with Gasteiger partial charge in [-0.15, -0.1) is 0 Å². The third-order valence-corrected chi connectivity index (χ3v) is 18.7. The van der Waals surface area contributed by atoms with Gasteiger partial charge in [0.15, 0.2) is 28.8 Å². The van der Waals surface area contributed by atoms with E-state index in [0.717, 1.165) is 10.5 Å². The molecule has 2 aromatic carbocycles. The Morgan fingerprint density at radius 3 is 2.18 bits per heavy atom. The number of phenolic OH excluding ortho intramolecular Hbond substituents is 1. The number of hydrogen-bond donors (Lipinski definition) is 10. The van der Waals surface area contributed by atoms with Crippen molar-refractivity contribution in [1.82, 2.24) is 26.2 Å². The van der Waals surface area contributed by atoms with E-state index in [-0.39, 0.29) is 70.5 Å². The number of esters is 1. The van der Waals surface area contributed by atoms with Crippen molar-refractivity contribution >= 4 is 70.5 Å². The fourth-order valence-corrected chi connectivity index (χ4v) is 13.1. The minimum absolute atomic E-state index is 0.0156. The van der Waals surface area contributed by atoms with Crippen molar-refractivity contribution in [3.8, 4) is 11.5 Å². The molecule has 0 aromatic heterocycles. The number of carboxylic acid groups (broad SMARTS) is 2. The lowest BCUT2D eigenvalue weighted by Gasteiger charge is -2.52. The Bertz CT molecular complexity index is 3440. The van der Waals surface area contributed by atoms with Gasteiger partial charge in [0.1, 0.15) is 46.6 Å². The van der Waals surface area contributed by atoms with Crippen LogP contribution in [0.5, 0.6) is 11.5 Å². The number of Topliss-reactive ketones (excluding diaryl/α,β-unsaturated/α-hetero) is 3.